The molecule has 0 bridgehead atoms. The number of morpholine rings is 1. The van der Waals surface area contributed by atoms with Crippen LogP contribution in [0.25, 0.3) is 0 Å². The van der Waals surface area contributed by atoms with Crippen molar-refractivity contribution in [3.63, 3.8) is 0 Å². The second-order valence-corrected chi connectivity index (χ2v) is 5.30. The van der Waals surface area contributed by atoms with Gasteiger partial charge in [0.25, 0.3) is 0 Å². The molecule has 1 fully saturated rings. The number of hydrogen-bond donors (Lipinski definition) is 0. The van der Waals surface area contributed by atoms with Crippen LogP contribution in [0.2, 0.25) is 0 Å². The van der Waals surface area contributed by atoms with Gasteiger partial charge in [-0.2, -0.15) is 0 Å². The Morgan fingerprint density at radius 1 is 1.50 bits per heavy atom. The van der Waals surface area contributed by atoms with Crippen molar-refractivity contribution in [1.82, 2.24) is 4.90 Å². The molecule has 110 valence electrons. The zero-order chi connectivity index (χ0) is 14.5. The molecule has 1 aromatic carbocycles. The van der Waals surface area contributed by atoms with Crippen molar-refractivity contribution >= 4 is 17.5 Å². The number of halogens is 1. The van der Waals surface area contributed by atoms with Crippen LogP contribution in [0.5, 0.6) is 5.75 Å². The number of carbonyl (C=O) groups is 1. The zero-order valence-electron chi connectivity index (χ0n) is 11.8. The fourth-order valence-corrected chi connectivity index (χ4v) is 2.56. The summed E-state index contributed by atoms with van der Waals surface area (Å²) in [6.45, 7) is 3.08. The van der Waals surface area contributed by atoms with Gasteiger partial charge >= 0.3 is 0 Å². The summed E-state index contributed by atoms with van der Waals surface area (Å²) in [5.41, 5.74) is 0.904. The molecule has 1 aliphatic rings. The van der Waals surface area contributed by atoms with Crippen LogP contribution in [-0.4, -0.2) is 49.1 Å². The fourth-order valence-electron chi connectivity index (χ4n) is 2.37. The van der Waals surface area contributed by atoms with Crippen molar-refractivity contribution in [3.05, 3.63) is 29.8 Å². The second-order valence-electron chi connectivity index (χ2n) is 4.99. The Labute approximate surface area is 124 Å². The Morgan fingerprint density at radius 3 is 2.95 bits per heavy atom. The predicted molar refractivity (Wildman–Crippen MR) is 78.3 cm³/mol. The third-order valence-corrected chi connectivity index (χ3v) is 3.88. The first-order chi connectivity index (χ1) is 9.65. The summed E-state index contributed by atoms with van der Waals surface area (Å²) in [6.07, 6.45) is 0.262. The van der Waals surface area contributed by atoms with E-state index in [2.05, 4.69) is 0 Å². The normalized spacial score (nSPS) is 22.6. The number of ether oxygens (including phenoxy) is 2. The average molecular weight is 298 g/mol. The quantitative estimate of drug-likeness (QED) is 0.799. The van der Waals surface area contributed by atoms with E-state index < -0.39 is 0 Å². The molecule has 1 heterocycles. The molecule has 2 unspecified atom stereocenters. The van der Waals surface area contributed by atoms with Crippen molar-refractivity contribution < 1.29 is 14.3 Å². The third-order valence-electron chi connectivity index (χ3n) is 3.53. The van der Waals surface area contributed by atoms with Gasteiger partial charge in [0.2, 0.25) is 5.91 Å². The minimum Gasteiger partial charge on any atom is -0.496 e. The van der Waals surface area contributed by atoms with Crippen LogP contribution in [0.3, 0.4) is 0 Å². The number of para-hydroxylation sites is 1. The summed E-state index contributed by atoms with van der Waals surface area (Å²) in [4.78, 5) is 14.3. The highest BCUT2D eigenvalue weighted by molar-refractivity contribution is 6.18. The van der Waals surface area contributed by atoms with Crippen LogP contribution in [0.4, 0.5) is 0 Å². The minimum absolute atomic E-state index is 0.0746. The lowest BCUT2D eigenvalue weighted by atomic mass is 10.1. The first-order valence-electron chi connectivity index (χ1n) is 6.74. The highest BCUT2D eigenvalue weighted by Crippen LogP contribution is 2.20. The largest absolute Gasteiger partial charge is 0.496 e. The minimum atomic E-state index is -0.0746. The summed E-state index contributed by atoms with van der Waals surface area (Å²) >= 11 is 5.82. The van der Waals surface area contributed by atoms with Gasteiger partial charge in [0.05, 0.1) is 38.2 Å². The molecule has 0 spiro atoms. The summed E-state index contributed by atoms with van der Waals surface area (Å²) in [7, 11) is 1.62. The molecule has 0 aliphatic carbocycles. The maximum Gasteiger partial charge on any atom is 0.227 e. The Bertz CT molecular complexity index is 466. The maximum atomic E-state index is 12.5. The van der Waals surface area contributed by atoms with Gasteiger partial charge in [-0.25, -0.2) is 0 Å². The number of hydrogen-bond acceptors (Lipinski definition) is 3. The van der Waals surface area contributed by atoms with E-state index in [4.69, 9.17) is 21.1 Å². The molecule has 1 saturated heterocycles. The van der Waals surface area contributed by atoms with E-state index in [9.17, 15) is 4.79 Å². The SMILES string of the molecule is COc1ccccc1CC(=O)N1CC(CCl)OCC1C. The maximum absolute atomic E-state index is 12.5. The molecule has 0 saturated carbocycles. The number of rotatable bonds is 4. The molecular formula is C15H20ClNO3. The van der Waals surface area contributed by atoms with Crippen LogP contribution in [0, 0.1) is 0 Å². The molecule has 0 aromatic heterocycles. The third kappa shape index (κ3) is 3.44. The molecule has 20 heavy (non-hydrogen) atoms. The Kier molecular flexibility index (Phi) is 5.26. The Hall–Kier alpha value is -1.26. The lowest BCUT2D eigenvalue weighted by Crippen LogP contribution is -2.52. The second kappa shape index (κ2) is 6.95. The highest BCUT2D eigenvalue weighted by atomic mass is 35.5. The summed E-state index contributed by atoms with van der Waals surface area (Å²) in [6, 6.07) is 7.67. The van der Waals surface area contributed by atoms with Gasteiger partial charge in [0.15, 0.2) is 0 Å². The number of amides is 1. The van der Waals surface area contributed by atoms with E-state index >= 15 is 0 Å². The average Bonchev–Trinajstić information content (AvgIpc) is 2.48. The molecule has 5 heteroatoms. The topological polar surface area (TPSA) is 38.8 Å². The van der Waals surface area contributed by atoms with Gasteiger partial charge in [-0.1, -0.05) is 18.2 Å². The monoisotopic (exact) mass is 297 g/mol. The van der Waals surface area contributed by atoms with Crippen molar-refractivity contribution in [2.45, 2.75) is 25.5 Å². The molecule has 2 atom stereocenters. The Balaban J connectivity index is 2.06. The number of alkyl halides is 1. The van der Waals surface area contributed by atoms with Crippen molar-refractivity contribution in [2.75, 3.05) is 26.1 Å². The molecule has 1 amide bonds. The van der Waals surface area contributed by atoms with E-state index in [-0.39, 0.29) is 18.1 Å². The van der Waals surface area contributed by atoms with Crippen LogP contribution in [-0.2, 0) is 16.0 Å². The molecule has 1 aliphatic heterocycles. The van der Waals surface area contributed by atoms with E-state index in [0.29, 0.717) is 25.5 Å². The van der Waals surface area contributed by atoms with Crippen LogP contribution in [0.15, 0.2) is 24.3 Å². The van der Waals surface area contributed by atoms with E-state index in [0.717, 1.165) is 11.3 Å². The standard InChI is InChI=1S/C15H20ClNO3/c1-11-10-20-13(8-16)9-17(11)15(18)7-12-5-3-4-6-14(12)19-2/h3-6,11,13H,7-10H2,1-2H3. The summed E-state index contributed by atoms with van der Waals surface area (Å²) in [5, 5.41) is 0. The van der Waals surface area contributed by atoms with E-state index in [1.165, 1.54) is 0 Å². The fraction of sp³-hybridized carbons (Fsp3) is 0.533. The summed E-state index contributed by atoms with van der Waals surface area (Å²) in [5.74, 6) is 1.24. The van der Waals surface area contributed by atoms with Crippen LogP contribution < -0.4 is 4.74 Å². The van der Waals surface area contributed by atoms with Gasteiger partial charge in [-0.3, -0.25) is 4.79 Å². The lowest BCUT2D eigenvalue weighted by molar-refractivity contribution is -0.142. The van der Waals surface area contributed by atoms with Crippen LogP contribution in [0.1, 0.15) is 12.5 Å². The number of benzene rings is 1. The van der Waals surface area contributed by atoms with E-state index in [1.807, 2.05) is 36.1 Å². The lowest BCUT2D eigenvalue weighted by Gasteiger charge is -2.37. The van der Waals surface area contributed by atoms with Crippen molar-refractivity contribution in [2.24, 2.45) is 0 Å². The summed E-state index contributed by atoms with van der Waals surface area (Å²) < 4.78 is 10.9. The van der Waals surface area contributed by atoms with Gasteiger partial charge in [0.1, 0.15) is 5.75 Å². The predicted octanol–water partition coefficient (Wildman–Crippen LogP) is 2.09. The van der Waals surface area contributed by atoms with Gasteiger partial charge in [-0.15, -0.1) is 11.6 Å². The molecule has 0 N–H and O–H groups in total. The molecule has 4 nitrogen and oxygen atoms in total. The first kappa shape index (κ1) is 15.1. The van der Waals surface area contributed by atoms with Crippen molar-refractivity contribution in [3.8, 4) is 5.75 Å². The first-order valence-corrected chi connectivity index (χ1v) is 7.28. The van der Waals surface area contributed by atoms with E-state index in [1.54, 1.807) is 7.11 Å². The van der Waals surface area contributed by atoms with Crippen LogP contribution >= 0.6 is 11.6 Å². The molecule has 1 aromatic rings. The van der Waals surface area contributed by atoms with Crippen molar-refractivity contribution in [1.29, 1.82) is 0 Å². The number of methoxy groups -OCH3 is 1. The van der Waals surface area contributed by atoms with Gasteiger partial charge in [0, 0.05) is 12.1 Å². The highest BCUT2D eigenvalue weighted by Gasteiger charge is 2.29. The Morgan fingerprint density at radius 2 is 2.25 bits per heavy atom. The molecular weight excluding hydrogens is 278 g/mol. The van der Waals surface area contributed by atoms with Gasteiger partial charge < -0.3 is 14.4 Å². The number of nitrogens with zero attached hydrogens (tertiary/aromatic N) is 1. The molecule has 2 rings (SSSR count). The zero-order valence-corrected chi connectivity index (χ0v) is 12.6. The number of carbonyl (C=O) groups excluding carboxylic acids is 1. The molecule has 0 radical (unpaired) electrons. The van der Waals surface area contributed by atoms with Gasteiger partial charge in [-0.05, 0) is 13.0 Å². The smallest absolute Gasteiger partial charge is 0.227 e.